The second-order valence-corrected chi connectivity index (χ2v) is 3.24. The highest BCUT2D eigenvalue weighted by molar-refractivity contribution is 5.91. The van der Waals surface area contributed by atoms with E-state index >= 15 is 0 Å². The lowest BCUT2D eigenvalue weighted by atomic mass is 9.83. The minimum absolute atomic E-state index is 0.0878. The molecule has 0 aliphatic rings. The minimum Gasteiger partial charge on any atom is -0.296 e. The first kappa shape index (κ1) is 10.2. The number of hydrogen-bond donors (Lipinski definition) is 0. The normalized spacial score (nSPS) is 12.8. The highest BCUT2D eigenvalue weighted by Crippen LogP contribution is 2.23. The molecular weight excluding hydrogens is 136 g/mol. The van der Waals surface area contributed by atoms with E-state index in [1.165, 1.54) is 0 Å². The zero-order valence-electron chi connectivity index (χ0n) is 7.81. The maximum atomic E-state index is 8.50. The molecule has 0 aromatic rings. The molecule has 0 heterocycles. The Kier molecular flexibility index (Phi) is 3.81. The van der Waals surface area contributed by atoms with Gasteiger partial charge in [0.05, 0.1) is 12.5 Å². The van der Waals surface area contributed by atoms with E-state index in [-0.39, 0.29) is 5.41 Å². The molecule has 0 fully saturated rings. The van der Waals surface area contributed by atoms with Gasteiger partial charge in [0.25, 0.3) is 0 Å². The van der Waals surface area contributed by atoms with E-state index in [4.69, 9.17) is 5.26 Å². The van der Waals surface area contributed by atoms with Crippen molar-refractivity contribution in [3.05, 3.63) is 0 Å². The average molecular weight is 152 g/mol. The highest BCUT2D eigenvalue weighted by Gasteiger charge is 2.21. The first-order valence-electron chi connectivity index (χ1n) is 3.91. The lowest BCUT2D eigenvalue weighted by Gasteiger charge is -2.23. The number of rotatable bonds is 3. The summed E-state index contributed by atoms with van der Waals surface area (Å²) in [4.78, 5) is 4.11. The van der Waals surface area contributed by atoms with Gasteiger partial charge in [-0.25, -0.2) is 0 Å². The SMILES string of the molecule is CCC(C)(C)C(CC#N)=NC. The maximum absolute atomic E-state index is 8.50. The van der Waals surface area contributed by atoms with E-state index < -0.39 is 0 Å². The van der Waals surface area contributed by atoms with Crippen molar-refractivity contribution in [2.75, 3.05) is 7.05 Å². The third-order valence-electron chi connectivity index (χ3n) is 2.18. The van der Waals surface area contributed by atoms with Gasteiger partial charge in [0.2, 0.25) is 0 Å². The molecular formula is C9H16N2. The first-order chi connectivity index (χ1) is 5.08. The lowest BCUT2D eigenvalue weighted by Crippen LogP contribution is -2.22. The Labute approximate surface area is 68.9 Å². The molecule has 0 aromatic carbocycles. The van der Waals surface area contributed by atoms with E-state index in [0.717, 1.165) is 12.1 Å². The Hall–Kier alpha value is -0.840. The summed E-state index contributed by atoms with van der Waals surface area (Å²) in [5.41, 5.74) is 1.09. The summed E-state index contributed by atoms with van der Waals surface area (Å²) in [6.07, 6.45) is 1.48. The van der Waals surface area contributed by atoms with Gasteiger partial charge in [-0.2, -0.15) is 5.26 Å². The summed E-state index contributed by atoms with van der Waals surface area (Å²) in [7, 11) is 1.75. The van der Waals surface area contributed by atoms with Crippen molar-refractivity contribution in [1.29, 1.82) is 5.26 Å². The monoisotopic (exact) mass is 152 g/mol. The summed E-state index contributed by atoms with van der Waals surface area (Å²) in [6, 6.07) is 2.13. The van der Waals surface area contributed by atoms with Crippen LogP contribution in [0.2, 0.25) is 0 Å². The Morgan fingerprint density at radius 1 is 1.55 bits per heavy atom. The van der Waals surface area contributed by atoms with E-state index in [9.17, 15) is 0 Å². The van der Waals surface area contributed by atoms with Crippen LogP contribution in [0.3, 0.4) is 0 Å². The summed E-state index contributed by atoms with van der Waals surface area (Å²) < 4.78 is 0. The van der Waals surface area contributed by atoms with Crippen LogP contribution in [-0.4, -0.2) is 12.8 Å². The summed E-state index contributed by atoms with van der Waals surface area (Å²) in [5.74, 6) is 0. The molecule has 0 radical (unpaired) electrons. The Balaban J connectivity index is 4.41. The first-order valence-corrected chi connectivity index (χ1v) is 3.91. The zero-order valence-corrected chi connectivity index (χ0v) is 7.81. The van der Waals surface area contributed by atoms with Crippen molar-refractivity contribution < 1.29 is 0 Å². The molecule has 0 aliphatic carbocycles. The van der Waals surface area contributed by atoms with Crippen LogP contribution in [0.4, 0.5) is 0 Å². The fourth-order valence-electron chi connectivity index (χ4n) is 0.900. The largest absolute Gasteiger partial charge is 0.296 e. The van der Waals surface area contributed by atoms with Crippen LogP contribution in [0.15, 0.2) is 4.99 Å². The highest BCUT2D eigenvalue weighted by atomic mass is 14.7. The van der Waals surface area contributed by atoms with Crippen molar-refractivity contribution >= 4 is 5.71 Å². The van der Waals surface area contributed by atoms with Crippen LogP contribution in [0.5, 0.6) is 0 Å². The second-order valence-electron chi connectivity index (χ2n) is 3.24. The predicted octanol–water partition coefficient (Wildman–Crippen LogP) is 2.41. The molecule has 11 heavy (non-hydrogen) atoms. The molecule has 2 nitrogen and oxygen atoms in total. The van der Waals surface area contributed by atoms with Crippen LogP contribution in [0, 0.1) is 16.7 Å². The molecule has 0 saturated carbocycles. The molecule has 0 atom stereocenters. The van der Waals surface area contributed by atoms with Gasteiger partial charge in [0, 0.05) is 18.2 Å². The van der Waals surface area contributed by atoms with Crippen molar-refractivity contribution in [2.45, 2.75) is 33.6 Å². The predicted molar refractivity (Wildman–Crippen MR) is 47.7 cm³/mol. The number of nitriles is 1. The summed E-state index contributed by atoms with van der Waals surface area (Å²) in [5, 5.41) is 8.50. The topological polar surface area (TPSA) is 36.1 Å². The number of hydrogen-bond acceptors (Lipinski definition) is 2. The average Bonchev–Trinajstić information content (AvgIpc) is 2.00. The molecule has 0 N–H and O–H groups in total. The van der Waals surface area contributed by atoms with E-state index in [0.29, 0.717) is 6.42 Å². The van der Waals surface area contributed by atoms with Crippen LogP contribution in [0.25, 0.3) is 0 Å². The van der Waals surface area contributed by atoms with Gasteiger partial charge in [-0.1, -0.05) is 20.8 Å². The number of nitrogens with zero attached hydrogens (tertiary/aromatic N) is 2. The van der Waals surface area contributed by atoms with Crippen LogP contribution >= 0.6 is 0 Å². The van der Waals surface area contributed by atoms with Crippen LogP contribution in [-0.2, 0) is 0 Å². The molecule has 2 heteroatoms. The van der Waals surface area contributed by atoms with Gasteiger partial charge in [0.1, 0.15) is 0 Å². The molecule has 62 valence electrons. The maximum Gasteiger partial charge on any atom is 0.0736 e. The smallest absolute Gasteiger partial charge is 0.0736 e. The molecule has 0 aromatic heterocycles. The molecule has 0 amide bonds. The van der Waals surface area contributed by atoms with E-state index in [2.05, 4.69) is 31.8 Å². The third kappa shape index (κ3) is 2.71. The zero-order chi connectivity index (χ0) is 8.91. The molecule has 0 unspecified atom stereocenters. The van der Waals surface area contributed by atoms with Gasteiger partial charge in [-0.3, -0.25) is 4.99 Å². The molecule has 0 aliphatic heterocycles. The van der Waals surface area contributed by atoms with Gasteiger partial charge in [-0.15, -0.1) is 0 Å². The Morgan fingerprint density at radius 3 is 2.36 bits per heavy atom. The van der Waals surface area contributed by atoms with Crippen molar-refractivity contribution in [1.82, 2.24) is 0 Å². The van der Waals surface area contributed by atoms with Crippen molar-refractivity contribution in [2.24, 2.45) is 10.4 Å². The second kappa shape index (κ2) is 4.12. The standard InChI is InChI=1S/C9H16N2/c1-5-9(2,3)8(11-4)6-7-10/h5-6H2,1-4H3. The quantitative estimate of drug-likeness (QED) is 0.572. The Bertz CT molecular complexity index is 184. The van der Waals surface area contributed by atoms with E-state index in [1.807, 2.05) is 0 Å². The Morgan fingerprint density at radius 2 is 2.09 bits per heavy atom. The third-order valence-corrected chi connectivity index (χ3v) is 2.18. The fourth-order valence-corrected chi connectivity index (χ4v) is 0.900. The lowest BCUT2D eigenvalue weighted by molar-refractivity contribution is 0.496. The van der Waals surface area contributed by atoms with Gasteiger partial charge < -0.3 is 0 Å². The van der Waals surface area contributed by atoms with Crippen molar-refractivity contribution in [3.63, 3.8) is 0 Å². The van der Waals surface area contributed by atoms with Crippen LogP contribution in [0.1, 0.15) is 33.6 Å². The summed E-state index contributed by atoms with van der Waals surface area (Å²) in [6.45, 7) is 6.35. The fraction of sp³-hybridized carbons (Fsp3) is 0.778. The van der Waals surface area contributed by atoms with Crippen LogP contribution < -0.4 is 0 Å². The molecule has 0 saturated heterocycles. The van der Waals surface area contributed by atoms with E-state index in [1.54, 1.807) is 7.05 Å². The van der Waals surface area contributed by atoms with Gasteiger partial charge >= 0.3 is 0 Å². The molecule has 0 rings (SSSR count). The minimum atomic E-state index is 0.0878. The van der Waals surface area contributed by atoms with Gasteiger partial charge in [-0.05, 0) is 6.42 Å². The van der Waals surface area contributed by atoms with Gasteiger partial charge in [0.15, 0.2) is 0 Å². The molecule has 0 bridgehead atoms. The van der Waals surface area contributed by atoms with Crippen molar-refractivity contribution in [3.8, 4) is 6.07 Å². The molecule has 0 spiro atoms. The number of aliphatic imine (C=N–C) groups is 1. The summed E-state index contributed by atoms with van der Waals surface area (Å²) >= 11 is 0.